The lowest BCUT2D eigenvalue weighted by Gasteiger charge is -2.25. The van der Waals surface area contributed by atoms with Gasteiger partial charge >= 0.3 is 10.2 Å². The molecule has 72 valence electrons. The van der Waals surface area contributed by atoms with E-state index >= 15 is 0 Å². The first-order chi connectivity index (χ1) is 5.47. The van der Waals surface area contributed by atoms with Gasteiger partial charge in [0.25, 0.3) is 0 Å². The number of ether oxygens (including phenoxy) is 1. The minimum absolute atomic E-state index is 0.0606. The smallest absolute Gasteiger partial charge is 0.302 e. The van der Waals surface area contributed by atoms with E-state index in [1.807, 2.05) is 6.92 Å². The highest BCUT2D eigenvalue weighted by atomic mass is 32.3. The molecule has 2 unspecified atom stereocenters. The van der Waals surface area contributed by atoms with Crippen LogP contribution in [-0.4, -0.2) is 26.9 Å². The van der Waals surface area contributed by atoms with Crippen molar-refractivity contribution >= 4 is 10.2 Å². The largest absolute Gasteiger partial charge is 0.378 e. The van der Waals surface area contributed by atoms with Crippen molar-refractivity contribution in [2.45, 2.75) is 25.9 Å². The van der Waals surface area contributed by atoms with Gasteiger partial charge in [0.15, 0.2) is 0 Å². The Morgan fingerprint density at radius 1 is 1.58 bits per heavy atom. The molecule has 0 aromatic rings. The lowest BCUT2D eigenvalue weighted by molar-refractivity contribution is 0.00738. The van der Waals surface area contributed by atoms with Gasteiger partial charge in [0.1, 0.15) is 0 Å². The summed E-state index contributed by atoms with van der Waals surface area (Å²) in [5, 5.41) is 0. The van der Waals surface area contributed by atoms with E-state index in [0.29, 0.717) is 19.4 Å². The Morgan fingerprint density at radius 2 is 2.25 bits per heavy atom. The third-order valence-electron chi connectivity index (χ3n) is 2.03. The molecule has 5 heteroatoms. The topological polar surface area (TPSA) is 43.4 Å². The van der Waals surface area contributed by atoms with Crippen LogP contribution in [0, 0.1) is 5.92 Å². The van der Waals surface area contributed by atoms with Gasteiger partial charge in [-0.3, -0.25) is 0 Å². The zero-order valence-corrected chi connectivity index (χ0v) is 7.81. The minimum atomic E-state index is -4.30. The zero-order valence-electron chi connectivity index (χ0n) is 6.99. The van der Waals surface area contributed by atoms with E-state index in [1.54, 1.807) is 0 Å². The number of halogens is 1. The highest BCUT2D eigenvalue weighted by Gasteiger charge is 2.24. The van der Waals surface area contributed by atoms with E-state index in [4.69, 9.17) is 4.74 Å². The van der Waals surface area contributed by atoms with E-state index in [-0.39, 0.29) is 17.8 Å². The molecule has 3 nitrogen and oxygen atoms in total. The Morgan fingerprint density at radius 3 is 2.75 bits per heavy atom. The minimum Gasteiger partial charge on any atom is -0.378 e. The molecule has 0 bridgehead atoms. The Hall–Kier alpha value is -0.160. The number of hydrogen-bond acceptors (Lipinski definition) is 3. The highest BCUT2D eigenvalue weighted by molar-refractivity contribution is 7.86. The lowest BCUT2D eigenvalue weighted by Crippen LogP contribution is -2.27. The van der Waals surface area contributed by atoms with E-state index in [2.05, 4.69) is 0 Å². The fourth-order valence-corrected chi connectivity index (χ4v) is 2.39. The molecule has 12 heavy (non-hydrogen) atoms. The standard InChI is InChI=1S/C7H13FO3S/c1-6-4-7(2-3-11-6)5-12(8,9)10/h6-7H,2-5H2,1H3. The van der Waals surface area contributed by atoms with Gasteiger partial charge in [-0.25, -0.2) is 0 Å². The van der Waals surface area contributed by atoms with Crippen LogP contribution in [0.15, 0.2) is 0 Å². The molecule has 0 spiro atoms. The molecule has 1 heterocycles. The maximum atomic E-state index is 12.2. The Balaban J connectivity index is 2.43. The van der Waals surface area contributed by atoms with Crippen LogP contribution in [0.5, 0.6) is 0 Å². The molecule has 0 aromatic carbocycles. The summed E-state index contributed by atoms with van der Waals surface area (Å²) >= 11 is 0. The van der Waals surface area contributed by atoms with E-state index in [9.17, 15) is 12.3 Å². The molecule has 0 aliphatic carbocycles. The Kier molecular flexibility index (Phi) is 3.06. The molecule has 1 fully saturated rings. The SMILES string of the molecule is CC1CC(CS(=O)(=O)F)CCO1. The second-order valence-corrected chi connectivity index (χ2v) is 4.69. The van der Waals surface area contributed by atoms with Crippen molar-refractivity contribution < 1.29 is 17.0 Å². The van der Waals surface area contributed by atoms with Gasteiger partial charge in [-0.1, -0.05) is 0 Å². The Labute approximate surface area is 72.1 Å². The van der Waals surface area contributed by atoms with Crippen molar-refractivity contribution in [2.24, 2.45) is 5.92 Å². The summed E-state index contributed by atoms with van der Waals surface area (Å²) in [4.78, 5) is 0. The summed E-state index contributed by atoms with van der Waals surface area (Å²) < 4.78 is 38.0. The van der Waals surface area contributed by atoms with Gasteiger partial charge in [0.2, 0.25) is 0 Å². The van der Waals surface area contributed by atoms with E-state index in [1.165, 1.54) is 0 Å². The van der Waals surface area contributed by atoms with E-state index in [0.717, 1.165) is 0 Å². The molecule has 0 saturated carbocycles. The molecule has 1 aliphatic heterocycles. The van der Waals surface area contributed by atoms with Gasteiger partial charge < -0.3 is 4.74 Å². The average molecular weight is 196 g/mol. The predicted octanol–water partition coefficient (Wildman–Crippen LogP) is 1.10. The molecular weight excluding hydrogens is 183 g/mol. The fraction of sp³-hybridized carbons (Fsp3) is 1.00. The number of hydrogen-bond donors (Lipinski definition) is 0. The van der Waals surface area contributed by atoms with Crippen LogP contribution in [0.2, 0.25) is 0 Å². The monoisotopic (exact) mass is 196 g/mol. The second kappa shape index (κ2) is 3.70. The molecule has 2 atom stereocenters. The van der Waals surface area contributed by atoms with Crippen molar-refractivity contribution in [3.05, 3.63) is 0 Å². The van der Waals surface area contributed by atoms with Crippen molar-refractivity contribution in [1.29, 1.82) is 0 Å². The summed E-state index contributed by atoms with van der Waals surface area (Å²) in [6.07, 6.45) is 1.35. The molecule has 1 saturated heterocycles. The van der Waals surface area contributed by atoms with Crippen LogP contribution >= 0.6 is 0 Å². The number of rotatable bonds is 2. The maximum Gasteiger partial charge on any atom is 0.302 e. The third-order valence-corrected chi connectivity index (χ3v) is 2.90. The zero-order chi connectivity index (χ0) is 9.19. The highest BCUT2D eigenvalue weighted by Crippen LogP contribution is 2.21. The summed E-state index contributed by atoms with van der Waals surface area (Å²) in [6, 6.07) is 0. The Bertz CT molecular complexity index is 237. The fourth-order valence-electron chi connectivity index (χ4n) is 1.52. The molecule has 1 rings (SSSR count). The van der Waals surface area contributed by atoms with Crippen molar-refractivity contribution in [3.8, 4) is 0 Å². The summed E-state index contributed by atoms with van der Waals surface area (Å²) in [6.45, 7) is 2.42. The maximum absolute atomic E-state index is 12.2. The van der Waals surface area contributed by atoms with Crippen LogP contribution in [-0.2, 0) is 15.0 Å². The molecular formula is C7H13FO3S. The molecule has 0 N–H and O–H groups in total. The van der Waals surface area contributed by atoms with Crippen LogP contribution < -0.4 is 0 Å². The summed E-state index contributed by atoms with van der Waals surface area (Å²) in [5.41, 5.74) is 0. The van der Waals surface area contributed by atoms with Crippen molar-refractivity contribution in [1.82, 2.24) is 0 Å². The summed E-state index contributed by atoms with van der Waals surface area (Å²) in [5.74, 6) is -0.413. The van der Waals surface area contributed by atoms with Crippen LogP contribution in [0.25, 0.3) is 0 Å². The molecule has 0 radical (unpaired) electrons. The van der Waals surface area contributed by atoms with Gasteiger partial charge in [0, 0.05) is 6.61 Å². The van der Waals surface area contributed by atoms with Crippen LogP contribution in [0.4, 0.5) is 3.89 Å². The normalized spacial score (nSPS) is 31.8. The van der Waals surface area contributed by atoms with Crippen LogP contribution in [0.1, 0.15) is 19.8 Å². The molecule has 0 amide bonds. The predicted molar refractivity (Wildman–Crippen MR) is 43.0 cm³/mol. The van der Waals surface area contributed by atoms with Gasteiger partial charge in [-0.2, -0.15) is 8.42 Å². The average Bonchev–Trinajstić information content (AvgIpc) is 1.82. The quantitative estimate of drug-likeness (QED) is 0.621. The second-order valence-electron chi connectivity index (χ2n) is 3.28. The first-order valence-corrected chi connectivity index (χ1v) is 5.56. The van der Waals surface area contributed by atoms with E-state index < -0.39 is 10.2 Å². The van der Waals surface area contributed by atoms with Crippen molar-refractivity contribution in [2.75, 3.05) is 12.4 Å². The first-order valence-electron chi connectivity index (χ1n) is 4.01. The van der Waals surface area contributed by atoms with Gasteiger partial charge in [-0.05, 0) is 25.7 Å². The lowest BCUT2D eigenvalue weighted by atomic mass is 9.98. The van der Waals surface area contributed by atoms with Crippen LogP contribution in [0.3, 0.4) is 0 Å². The summed E-state index contributed by atoms with van der Waals surface area (Å²) in [7, 11) is -4.30. The molecule has 0 aromatic heterocycles. The molecule has 1 aliphatic rings. The first kappa shape index (κ1) is 9.92. The van der Waals surface area contributed by atoms with Gasteiger partial charge in [-0.15, -0.1) is 3.89 Å². The third kappa shape index (κ3) is 3.49. The van der Waals surface area contributed by atoms with Crippen molar-refractivity contribution in [3.63, 3.8) is 0 Å². The van der Waals surface area contributed by atoms with Gasteiger partial charge in [0.05, 0.1) is 11.9 Å².